The molecule has 1 aliphatic carbocycles. The first-order valence-electron chi connectivity index (χ1n) is 6.69. The second kappa shape index (κ2) is 5.86. The van der Waals surface area contributed by atoms with Crippen LogP contribution in [0.3, 0.4) is 0 Å². The summed E-state index contributed by atoms with van der Waals surface area (Å²) in [5.74, 6) is -1.35. The quantitative estimate of drug-likeness (QED) is 0.495. The van der Waals surface area contributed by atoms with E-state index in [9.17, 15) is 9.59 Å². The van der Waals surface area contributed by atoms with Crippen molar-refractivity contribution < 1.29 is 9.59 Å². The highest BCUT2D eigenvalue weighted by Crippen LogP contribution is 2.18. The summed E-state index contributed by atoms with van der Waals surface area (Å²) in [7, 11) is 0. The number of nitrogens with zero attached hydrogens (tertiary/aromatic N) is 1. The zero-order valence-corrected chi connectivity index (χ0v) is 12.0. The first-order valence-corrected chi connectivity index (χ1v) is 6.69. The third-order valence-corrected chi connectivity index (χ3v) is 3.22. The summed E-state index contributed by atoms with van der Waals surface area (Å²) in [6, 6.07) is 4.27. The summed E-state index contributed by atoms with van der Waals surface area (Å²) in [6.07, 6.45) is 3.47. The molecular weight excluding hydrogens is 254 g/mol. The molecule has 2 rings (SSSR count). The van der Waals surface area contributed by atoms with E-state index in [0.29, 0.717) is 0 Å². The minimum absolute atomic E-state index is 0.166. The lowest BCUT2D eigenvalue weighted by Crippen LogP contribution is -2.38. The average Bonchev–Trinajstić information content (AvgIpc) is 3.15. The summed E-state index contributed by atoms with van der Waals surface area (Å²) < 4.78 is 0. The van der Waals surface area contributed by atoms with Crippen LogP contribution in [0.25, 0.3) is 0 Å². The molecule has 0 bridgehead atoms. The molecule has 106 valence electrons. The molecular formula is C15H19N3O2. The Hall–Kier alpha value is -2.17. The Kier molecular flexibility index (Phi) is 4.17. The number of hydrazone groups is 1. The van der Waals surface area contributed by atoms with Crippen LogP contribution in [0.4, 0.5) is 0 Å². The van der Waals surface area contributed by atoms with Gasteiger partial charge in [0.1, 0.15) is 0 Å². The Morgan fingerprint density at radius 3 is 2.30 bits per heavy atom. The van der Waals surface area contributed by atoms with E-state index in [1.165, 1.54) is 5.56 Å². The molecule has 0 atom stereocenters. The van der Waals surface area contributed by atoms with Gasteiger partial charge in [0.25, 0.3) is 0 Å². The topological polar surface area (TPSA) is 70.6 Å². The van der Waals surface area contributed by atoms with Crippen LogP contribution in [0.5, 0.6) is 0 Å². The molecule has 0 radical (unpaired) electrons. The Labute approximate surface area is 118 Å². The van der Waals surface area contributed by atoms with Crippen LogP contribution in [0.2, 0.25) is 0 Å². The Morgan fingerprint density at radius 2 is 1.75 bits per heavy atom. The van der Waals surface area contributed by atoms with Crippen LogP contribution in [-0.2, 0) is 9.59 Å². The van der Waals surface area contributed by atoms with E-state index in [-0.39, 0.29) is 6.04 Å². The Morgan fingerprint density at radius 1 is 1.15 bits per heavy atom. The molecule has 0 unspecified atom stereocenters. The van der Waals surface area contributed by atoms with Crippen molar-refractivity contribution in [3.63, 3.8) is 0 Å². The van der Waals surface area contributed by atoms with E-state index in [2.05, 4.69) is 28.0 Å². The van der Waals surface area contributed by atoms with Gasteiger partial charge in [0.2, 0.25) is 0 Å². The van der Waals surface area contributed by atoms with Gasteiger partial charge in [-0.2, -0.15) is 5.10 Å². The van der Waals surface area contributed by atoms with Crippen molar-refractivity contribution in [3.8, 4) is 0 Å². The Bertz CT molecular complexity index is 551. The van der Waals surface area contributed by atoms with E-state index in [4.69, 9.17) is 0 Å². The maximum atomic E-state index is 11.5. The number of aryl methyl sites for hydroxylation is 3. The fourth-order valence-electron chi connectivity index (χ4n) is 2.08. The van der Waals surface area contributed by atoms with Crippen molar-refractivity contribution in [2.45, 2.75) is 39.7 Å². The number of rotatable bonds is 3. The number of carbonyl (C=O) groups excluding carboxylic acids is 2. The molecule has 0 heterocycles. The normalized spacial score (nSPS) is 14.3. The third-order valence-electron chi connectivity index (χ3n) is 3.22. The average molecular weight is 273 g/mol. The maximum Gasteiger partial charge on any atom is 0.329 e. The second-order valence-electron chi connectivity index (χ2n) is 5.26. The van der Waals surface area contributed by atoms with Crippen LogP contribution in [-0.4, -0.2) is 24.1 Å². The molecule has 1 aliphatic rings. The van der Waals surface area contributed by atoms with Gasteiger partial charge in [-0.05, 0) is 44.7 Å². The van der Waals surface area contributed by atoms with Crippen molar-refractivity contribution in [1.82, 2.24) is 10.7 Å². The minimum atomic E-state index is -0.726. The van der Waals surface area contributed by atoms with Gasteiger partial charge in [-0.15, -0.1) is 0 Å². The van der Waals surface area contributed by atoms with Crippen LogP contribution < -0.4 is 10.7 Å². The van der Waals surface area contributed by atoms with Gasteiger partial charge < -0.3 is 5.32 Å². The fourth-order valence-corrected chi connectivity index (χ4v) is 2.08. The highest BCUT2D eigenvalue weighted by Gasteiger charge is 2.26. The molecule has 1 aromatic carbocycles. The predicted octanol–water partition coefficient (Wildman–Crippen LogP) is 1.34. The van der Waals surface area contributed by atoms with Crippen molar-refractivity contribution in [2.24, 2.45) is 5.10 Å². The summed E-state index contributed by atoms with van der Waals surface area (Å²) in [6.45, 7) is 6.01. The van der Waals surface area contributed by atoms with Crippen LogP contribution in [0.1, 0.15) is 35.1 Å². The molecule has 1 fully saturated rings. The van der Waals surface area contributed by atoms with Crippen LogP contribution in [0.15, 0.2) is 17.2 Å². The van der Waals surface area contributed by atoms with Crippen molar-refractivity contribution >= 4 is 18.0 Å². The number of hydrogen-bond acceptors (Lipinski definition) is 3. The van der Waals surface area contributed by atoms with Gasteiger partial charge >= 0.3 is 11.8 Å². The smallest absolute Gasteiger partial charge is 0.329 e. The largest absolute Gasteiger partial charge is 0.345 e. The van der Waals surface area contributed by atoms with Gasteiger partial charge in [-0.25, -0.2) is 5.43 Å². The van der Waals surface area contributed by atoms with Crippen LogP contribution >= 0.6 is 0 Å². The molecule has 5 nitrogen and oxygen atoms in total. The number of benzene rings is 1. The van der Waals surface area contributed by atoms with Crippen molar-refractivity contribution in [1.29, 1.82) is 0 Å². The zero-order valence-electron chi connectivity index (χ0n) is 12.0. The number of nitrogens with one attached hydrogen (secondary N) is 2. The van der Waals surface area contributed by atoms with E-state index < -0.39 is 11.8 Å². The van der Waals surface area contributed by atoms with E-state index in [0.717, 1.165) is 29.5 Å². The zero-order chi connectivity index (χ0) is 14.7. The summed E-state index contributed by atoms with van der Waals surface area (Å²) in [4.78, 5) is 22.9. The lowest BCUT2D eigenvalue weighted by molar-refractivity contribution is -0.139. The van der Waals surface area contributed by atoms with Crippen molar-refractivity contribution in [2.75, 3.05) is 0 Å². The molecule has 1 saturated carbocycles. The first-order chi connectivity index (χ1) is 9.47. The molecule has 0 aliphatic heterocycles. The molecule has 1 aromatic rings. The minimum Gasteiger partial charge on any atom is -0.345 e. The maximum absolute atomic E-state index is 11.5. The van der Waals surface area contributed by atoms with E-state index >= 15 is 0 Å². The molecule has 0 aromatic heterocycles. The van der Waals surface area contributed by atoms with Crippen molar-refractivity contribution in [3.05, 3.63) is 34.4 Å². The van der Waals surface area contributed by atoms with Gasteiger partial charge in [-0.3, -0.25) is 9.59 Å². The van der Waals surface area contributed by atoms with E-state index in [1.54, 1.807) is 6.21 Å². The highest BCUT2D eigenvalue weighted by atomic mass is 16.2. The summed E-state index contributed by atoms with van der Waals surface area (Å²) in [5, 5.41) is 6.46. The van der Waals surface area contributed by atoms with E-state index in [1.807, 2.05) is 20.8 Å². The van der Waals surface area contributed by atoms with Gasteiger partial charge in [-0.1, -0.05) is 17.7 Å². The number of hydrogen-bond donors (Lipinski definition) is 2. The number of carbonyl (C=O) groups is 2. The lowest BCUT2D eigenvalue weighted by atomic mass is 10.0. The summed E-state index contributed by atoms with van der Waals surface area (Å²) >= 11 is 0. The molecule has 0 spiro atoms. The van der Waals surface area contributed by atoms with Gasteiger partial charge in [0, 0.05) is 11.6 Å². The number of amides is 2. The molecule has 2 amide bonds. The molecule has 20 heavy (non-hydrogen) atoms. The predicted molar refractivity (Wildman–Crippen MR) is 77.6 cm³/mol. The molecule has 2 N–H and O–H groups in total. The second-order valence-corrected chi connectivity index (χ2v) is 5.26. The summed E-state index contributed by atoms with van der Waals surface area (Å²) in [5.41, 5.74) is 6.57. The standard InChI is InChI=1S/C15H19N3O2/c1-9-6-10(2)13(11(3)7-9)8-16-18-15(20)14(19)17-12-4-5-12/h6-8,12H,4-5H2,1-3H3,(H,17,19)(H,18,20)/b16-8-. The third kappa shape index (κ3) is 3.66. The SMILES string of the molecule is Cc1cc(C)c(/C=N\NC(=O)C(=O)NC2CC2)c(C)c1. The fraction of sp³-hybridized carbons (Fsp3) is 0.400. The lowest BCUT2D eigenvalue weighted by Gasteiger charge is -2.06. The molecule has 5 heteroatoms. The Balaban J connectivity index is 1.96. The first kappa shape index (κ1) is 14.2. The van der Waals surface area contributed by atoms with Crippen LogP contribution in [0, 0.1) is 20.8 Å². The highest BCUT2D eigenvalue weighted by molar-refractivity contribution is 6.35. The monoisotopic (exact) mass is 273 g/mol. The molecule has 0 saturated heterocycles. The van der Waals surface area contributed by atoms with Gasteiger partial charge in [0.05, 0.1) is 6.21 Å². The van der Waals surface area contributed by atoms with Gasteiger partial charge in [0.15, 0.2) is 0 Å².